The zero-order chi connectivity index (χ0) is 14.3. The molecule has 1 nitrogen and oxygen atoms in total. The number of hydrogen-bond acceptors (Lipinski definition) is 1. The monoisotopic (exact) mass is 281 g/mol. The van der Waals surface area contributed by atoms with Crippen molar-refractivity contribution < 1.29 is 17.6 Å². The molecule has 1 N–H and O–H groups in total. The Hall–Kier alpha value is -2.04. The van der Waals surface area contributed by atoms with Gasteiger partial charge in [-0.15, -0.1) is 0 Å². The van der Waals surface area contributed by atoms with Gasteiger partial charge in [0.1, 0.15) is 5.82 Å². The molecule has 0 radical (unpaired) electrons. The number of hydrogen-bond donors (Lipinski definition) is 1. The van der Waals surface area contributed by atoms with Crippen LogP contribution in [0.1, 0.15) is 22.7 Å². The number of benzene rings is 2. The highest BCUT2D eigenvalue weighted by Gasteiger charge is 2.32. The van der Waals surface area contributed by atoms with Crippen LogP contribution in [0.4, 0.5) is 23.2 Å². The molecule has 20 heavy (non-hydrogen) atoms. The molecule has 1 atom stereocenters. The molecule has 0 bridgehead atoms. The molecule has 3 rings (SSSR count). The Kier molecular flexibility index (Phi) is 2.92. The summed E-state index contributed by atoms with van der Waals surface area (Å²) in [6.07, 6.45) is -3.75. The molecule has 0 saturated carbocycles. The number of rotatable bonds is 1. The van der Waals surface area contributed by atoms with Crippen molar-refractivity contribution in [3.63, 3.8) is 0 Å². The summed E-state index contributed by atoms with van der Waals surface area (Å²) in [6, 6.07) is 9.57. The molecule has 0 aliphatic carbocycles. The standard InChI is InChI=1S/C15H11F4N/c16-12-5-2-9(3-6-12)13-7-10-1-4-11(15(17,18)19)8-14(10)20-13/h1-6,8,13,20H,7H2. The lowest BCUT2D eigenvalue weighted by molar-refractivity contribution is -0.137. The summed E-state index contributed by atoms with van der Waals surface area (Å²) in [5.41, 5.74) is 1.53. The van der Waals surface area contributed by atoms with Crippen molar-refractivity contribution in [2.75, 3.05) is 5.32 Å². The van der Waals surface area contributed by atoms with E-state index in [9.17, 15) is 17.6 Å². The maximum absolute atomic E-state index is 12.9. The molecule has 104 valence electrons. The van der Waals surface area contributed by atoms with Crippen LogP contribution >= 0.6 is 0 Å². The van der Waals surface area contributed by atoms with Crippen LogP contribution in [0.15, 0.2) is 42.5 Å². The molecular weight excluding hydrogens is 270 g/mol. The van der Waals surface area contributed by atoms with Gasteiger partial charge in [0.2, 0.25) is 0 Å². The van der Waals surface area contributed by atoms with Crippen molar-refractivity contribution in [1.82, 2.24) is 0 Å². The van der Waals surface area contributed by atoms with Gasteiger partial charge < -0.3 is 5.32 Å². The first-order chi connectivity index (χ1) is 9.43. The summed E-state index contributed by atoms with van der Waals surface area (Å²) in [7, 11) is 0. The summed E-state index contributed by atoms with van der Waals surface area (Å²) >= 11 is 0. The van der Waals surface area contributed by atoms with Crippen LogP contribution in [-0.4, -0.2) is 0 Å². The van der Waals surface area contributed by atoms with Gasteiger partial charge in [-0.25, -0.2) is 4.39 Å². The minimum atomic E-state index is -4.34. The number of anilines is 1. The van der Waals surface area contributed by atoms with Gasteiger partial charge in [0, 0.05) is 5.69 Å². The Balaban J connectivity index is 1.87. The largest absolute Gasteiger partial charge is 0.416 e. The topological polar surface area (TPSA) is 12.0 Å². The van der Waals surface area contributed by atoms with Gasteiger partial charge in [-0.2, -0.15) is 13.2 Å². The van der Waals surface area contributed by atoms with Gasteiger partial charge in [0.05, 0.1) is 11.6 Å². The van der Waals surface area contributed by atoms with E-state index in [1.807, 2.05) is 0 Å². The third-order valence-electron chi connectivity index (χ3n) is 3.46. The SMILES string of the molecule is Fc1ccc(C2Cc3ccc(C(F)(F)F)cc3N2)cc1. The molecule has 0 aromatic heterocycles. The van der Waals surface area contributed by atoms with Crippen molar-refractivity contribution in [2.45, 2.75) is 18.6 Å². The van der Waals surface area contributed by atoms with Crippen LogP contribution in [0, 0.1) is 5.82 Å². The van der Waals surface area contributed by atoms with Crippen LogP contribution in [0.3, 0.4) is 0 Å². The van der Waals surface area contributed by atoms with Crippen molar-refractivity contribution in [3.8, 4) is 0 Å². The molecular formula is C15H11F4N. The summed E-state index contributed by atoms with van der Waals surface area (Å²) in [4.78, 5) is 0. The first kappa shape index (κ1) is 13.0. The Morgan fingerprint density at radius 2 is 1.70 bits per heavy atom. The zero-order valence-corrected chi connectivity index (χ0v) is 10.3. The number of fused-ring (bicyclic) bond motifs is 1. The highest BCUT2D eigenvalue weighted by atomic mass is 19.4. The summed E-state index contributed by atoms with van der Waals surface area (Å²) in [5.74, 6) is -0.330. The lowest BCUT2D eigenvalue weighted by Gasteiger charge is -2.12. The van der Waals surface area contributed by atoms with E-state index >= 15 is 0 Å². The smallest absolute Gasteiger partial charge is 0.378 e. The summed E-state index contributed by atoms with van der Waals surface area (Å²) in [6.45, 7) is 0. The minimum absolute atomic E-state index is 0.117. The molecule has 2 aromatic rings. The van der Waals surface area contributed by atoms with Gasteiger partial charge in [0.25, 0.3) is 0 Å². The average Bonchev–Trinajstić information content (AvgIpc) is 2.81. The Morgan fingerprint density at radius 1 is 1.00 bits per heavy atom. The van der Waals surface area contributed by atoms with Gasteiger partial charge in [-0.1, -0.05) is 18.2 Å². The Labute approximate surface area is 113 Å². The fraction of sp³-hybridized carbons (Fsp3) is 0.200. The normalized spacial score (nSPS) is 17.7. The van der Waals surface area contributed by atoms with E-state index in [0.717, 1.165) is 23.3 Å². The molecule has 1 unspecified atom stereocenters. The predicted molar refractivity (Wildman–Crippen MR) is 67.9 cm³/mol. The molecule has 1 aliphatic heterocycles. The second kappa shape index (κ2) is 4.51. The van der Waals surface area contributed by atoms with Crippen LogP contribution in [0.2, 0.25) is 0 Å². The summed E-state index contributed by atoms with van der Waals surface area (Å²) < 4.78 is 50.8. The second-order valence-electron chi connectivity index (χ2n) is 4.82. The molecule has 5 heteroatoms. The molecule has 0 amide bonds. The lowest BCUT2D eigenvalue weighted by Crippen LogP contribution is -2.06. The quantitative estimate of drug-likeness (QED) is 0.756. The van der Waals surface area contributed by atoms with Gasteiger partial charge in [-0.3, -0.25) is 0 Å². The van der Waals surface area contributed by atoms with Gasteiger partial charge in [-0.05, 0) is 41.8 Å². The van der Waals surface area contributed by atoms with Crippen molar-refractivity contribution in [2.24, 2.45) is 0 Å². The maximum atomic E-state index is 12.9. The fourth-order valence-electron chi connectivity index (χ4n) is 2.42. The van der Waals surface area contributed by atoms with Crippen LogP contribution in [-0.2, 0) is 12.6 Å². The van der Waals surface area contributed by atoms with E-state index in [0.29, 0.717) is 12.1 Å². The molecule has 2 aromatic carbocycles. The zero-order valence-electron chi connectivity index (χ0n) is 10.3. The molecule has 1 aliphatic rings. The van der Waals surface area contributed by atoms with Crippen LogP contribution in [0.5, 0.6) is 0 Å². The predicted octanol–water partition coefficient (Wildman–Crippen LogP) is 4.55. The van der Waals surface area contributed by atoms with Crippen molar-refractivity contribution in [3.05, 3.63) is 65.0 Å². The van der Waals surface area contributed by atoms with Gasteiger partial charge >= 0.3 is 6.18 Å². The van der Waals surface area contributed by atoms with E-state index in [1.54, 1.807) is 12.1 Å². The van der Waals surface area contributed by atoms with Crippen molar-refractivity contribution >= 4 is 5.69 Å². The Bertz CT molecular complexity index is 631. The first-order valence-corrected chi connectivity index (χ1v) is 6.15. The minimum Gasteiger partial charge on any atom is -0.378 e. The third kappa shape index (κ3) is 2.35. The highest BCUT2D eigenvalue weighted by molar-refractivity contribution is 5.60. The second-order valence-corrected chi connectivity index (χ2v) is 4.82. The lowest BCUT2D eigenvalue weighted by atomic mass is 10.0. The van der Waals surface area contributed by atoms with Crippen molar-refractivity contribution in [1.29, 1.82) is 0 Å². The molecule has 0 saturated heterocycles. The number of halogens is 4. The van der Waals surface area contributed by atoms with E-state index in [2.05, 4.69) is 5.32 Å². The van der Waals surface area contributed by atoms with E-state index < -0.39 is 11.7 Å². The van der Waals surface area contributed by atoms with Crippen LogP contribution < -0.4 is 5.32 Å². The van der Waals surface area contributed by atoms with E-state index in [-0.39, 0.29) is 11.9 Å². The van der Waals surface area contributed by atoms with E-state index in [4.69, 9.17) is 0 Å². The Morgan fingerprint density at radius 3 is 2.35 bits per heavy atom. The summed E-state index contributed by atoms with van der Waals surface area (Å²) in [5, 5.41) is 3.06. The maximum Gasteiger partial charge on any atom is 0.416 e. The first-order valence-electron chi connectivity index (χ1n) is 6.15. The molecule has 0 spiro atoms. The molecule has 0 fully saturated rings. The van der Waals surface area contributed by atoms with Gasteiger partial charge in [0.15, 0.2) is 0 Å². The highest BCUT2D eigenvalue weighted by Crippen LogP contribution is 2.38. The van der Waals surface area contributed by atoms with Crippen LogP contribution in [0.25, 0.3) is 0 Å². The van der Waals surface area contributed by atoms with E-state index in [1.165, 1.54) is 18.2 Å². The molecule has 1 heterocycles. The third-order valence-corrected chi connectivity index (χ3v) is 3.46. The number of nitrogens with one attached hydrogen (secondary N) is 1. The average molecular weight is 281 g/mol. The fourth-order valence-corrected chi connectivity index (χ4v) is 2.42. The number of alkyl halides is 3.